The van der Waals surface area contributed by atoms with Crippen LogP contribution in [0.4, 0.5) is 5.69 Å². The van der Waals surface area contributed by atoms with Crippen LogP contribution in [0.15, 0.2) is 47.4 Å². The van der Waals surface area contributed by atoms with E-state index in [-0.39, 0.29) is 10.7 Å². The van der Waals surface area contributed by atoms with Crippen LogP contribution < -0.4 is 4.72 Å². The van der Waals surface area contributed by atoms with E-state index in [1.807, 2.05) is 12.1 Å². The number of hydrogen-bond donors (Lipinski definition) is 1. The van der Waals surface area contributed by atoms with Gasteiger partial charge in [0.1, 0.15) is 0 Å². The highest BCUT2D eigenvalue weighted by Gasteiger charge is 2.24. The molecule has 1 aliphatic carbocycles. The van der Waals surface area contributed by atoms with Crippen LogP contribution in [0.25, 0.3) is 0 Å². The van der Waals surface area contributed by atoms with Crippen molar-refractivity contribution in [2.75, 3.05) is 4.72 Å². The Labute approximate surface area is 193 Å². The van der Waals surface area contributed by atoms with Crippen LogP contribution in [-0.4, -0.2) is 14.2 Å². The number of anilines is 1. The van der Waals surface area contributed by atoms with Gasteiger partial charge in [0.05, 0.1) is 10.6 Å². The number of unbranched alkanes of at least 4 members (excludes halogenated alkanes) is 9. The summed E-state index contributed by atoms with van der Waals surface area (Å²) in [5.41, 5.74) is 3.13. The first-order valence-corrected chi connectivity index (χ1v) is 13.8. The summed E-state index contributed by atoms with van der Waals surface area (Å²) in [5.74, 6) is 0.0809. The molecule has 0 saturated heterocycles. The van der Waals surface area contributed by atoms with Gasteiger partial charge in [-0.1, -0.05) is 89.0 Å². The van der Waals surface area contributed by atoms with Crippen molar-refractivity contribution >= 4 is 21.5 Å². The summed E-state index contributed by atoms with van der Waals surface area (Å²) in [4.78, 5) is 12.2. The standard InChI is InChI=1S/C27H37NO3S/c1-2-3-4-5-6-7-8-9-10-11-13-22-16-18-23(19-17-22)32(30,31)28-26-15-12-14-25-24(26)20-21-27(25)29/h12,14-19,28H,2-11,13,20-21H2,1H3. The average Bonchev–Trinajstić information content (AvgIpc) is 3.17. The summed E-state index contributed by atoms with van der Waals surface area (Å²) in [6.07, 6.45) is 15.1. The van der Waals surface area contributed by atoms with E-state index in [1.54, 1.807) is 30.3 Å². The predicted octanol–water partition coefficient (Wildman–Crippen LogP) is 7.08. The summed E-state index contributed by atoms with van der Waals surface area (Å²) in [6.45, 7) is 2.25. The largest absolute Gasteiger partial charge is 0.294 e. The first kappa shape index (κ1) is 24.5. The summed E-state index contributed by atoms with van der Waals surface area (Å²) in [7, 11) is -3.67. The number of rotatable bonds is 14. The second-order valence-electron chi connectivity index (χ2n) is 8.94. The predicted molar refractivity (Wildman–Crippen MR) is 132 cm³/mol. The van der Waals surface area contributed by atoms with Gasteiger partial charge in [0.2, 0.25) is 0 Å². The van der Waals surface area contributed by atoms with Gasteiger partial charge in [-0.3, -0.25) is 9.52 Å². The van der Waals surface area contributed by atoms with E-state index in [2.05, 4.69) is 11.6 Å². The second-order valence-corrected chi connectivity index (χ2v) is 10.6. The maximum atomic E-state index is 12.8. The molecule has 0 aromatic heterocycles. The quantitative estimate of drug-likeness (QED) is 0.310. The van der Waals surface area contributed by atoms with Crippen LogP contribution in [0.1, 0.15) is 99.0 Å². The molecule has 4 nitrogen and oxygen atoms in total. The van der Waals surface area contributed by atoms with Crippen LogP contribution in [0, 0.1) is 0 Å². The number of Topliss-reactive ketones (excluding diaryl/α,β-unsaturated/α-hetero) is 1. The molecule has 5 heteroatoms. The monoisotopic (exact) mass is 455 g/mol. The van der Waals surface area contributed by atoms with Gasteiger partial charge in [-0.2, -0.15) is 0 Å². The van der Waals surface area contributed by atoms with Crippen molar-refractivity contribution in [1.82, 2.24) is 0 Å². The molecule has 2 aromatic carbocycles. The van der Waals surface area contributed by atoms with Crippen LogP contribution in [0.5, 0.6) is 0 Å². The zero-order chi connectivity index (χ0) is 22.8. The molecule has 1 N–H and O–H groups in total. The molecule has 0 atom stereocenters. The number of carbonyl (C=O) groups is 1. The highest BCUT2D eigenvalue weighted by molar-refractivity contribution is 7.92. The van der Waals surface area contributed by atoms with E-state index in [1.165, 1.54) is 63.4 Å². The Morgan fingerprint density at radius 1 is 0.781 bits per heavy atom. The molecule has 0 unspecified atom stereocenters. The Kier molecular flexibility index (Phi) is 9.34. The van der Waals surface area contributed by atoms with Gasteiger partial charge in [-0.25, -0.2) is 8.42 Å². The molecule has 0 heterocycles. The topological polar surface area (TPSA) is 63.2 Å². The molecule has 0 amide bonds. The molecule has 3 rings (SSSR count). The number of hydrogen-bond acceptors (Lipinski definition) is 3. The summed E-state index contributed by atoms with van der Waals surface area (Å²) < 4.78 is 28.4. The third kappa shape index (κ3) is 6.93. The molecule has 0 bridgehead atoms. The van der Waals surface area contributed by atoms with E-state index in [0.29, 0.717) is 24.1 Å². The molecule has 0 saturated carbocycles. The van der Waals surface area contributed by atoms with Gasteiger partial charge in [0.25, 0.3) is 10.0 Å². The first-order valence-electron chi connectivity index (χ1n) is 12.3. The zero-order valence-electron chi connectivity index (χ0n) is 19.4. The van der Waals surface area contributed by atoms with Crippen molar-refractivity contribution in [2.45, 2.75) is 95.3 Å². The molecule has 0 spiro atoms. The Balaban J connectivity index is 1.43. The zero-order valence-corrected chi connectivity index (χ0v) is 20.2. The van der Waals surface area contributed by atoms with Gasteiger partial charge in [0, 0.05) is 12.0 Å². The van der Waals surface area contributed by atoms with Crippen molar-refractivity contribution in [2.24, 2.45) is 0 Å². The molecular formula is C27H37NO3S. The number of carbonyl (C=O) groups excluding carboxylic acids is 1. The van der Waals surface area contributed by atoms with E-state index in [4.69, 9.17) is 0 Å². The Morgan fingerprint density at radius 2 is 1.41 bits per heavy atom. The average molecular weight is 456 g/mol. The highest BCUT2D eigenvalue weighted by Crippen LogP contribution is 2.30. The Hall–Kier alpha value is -2.14. The van der Waals surface area contributed by atoms with Crippen molar-refractivity contribution < 1.29 is 13.2 Å². The summed E-state index contributed by atoms with van der Waals surface area (Å²) >= 11 is 0. The number of benzene rings is 2. The van der Waals surface area contributed by atoms with Crippen LogP contribution in [0.2, 0.25) is 0 Å². The fourth-order valence-corrected chi connectivity index (χ4v) is 5.53. The van der Waals surface area contributed by atoms with Crippen LogP contribution in [-0.2, 0) is 22.9 Å². The van der Waals surface area contributed by atoms with Crippen molar-refractivity contribution in [3.05, 3.63) is 59.2 Å². The molecule has 0 aliphatic heterocycles. The lowest BCUT2D eigenvalue weighted by molar-refractivity contribution is 0.0994. The van der Waals surface area contributed by atoms with Crippen LogP contribution in [0.3, 0.4) is 0 Å². The number of nitrogens with one attached hydrogen (secondary N) is 1. The van der Waals surface area contributed by atoms with Gasteiger partial charge in [0.15, 0.2) is 5.78 Å². The number of aryl methyl sites for hydroxylation is 1. The molecule has 32 heavy (non-hydrogen) atoms. The number of fused-ring (bicyclic) bond motifs is 1. The van der Waals surface area contributed by atoms with Gasteiger partial charge in [-0.15, -0.1) is 0 Å². The molecule has 0 fully saturated rings. The van der Waals surface area contributed by atoms with E-state index >= 15 is 0 Å². The van der Waals surface area contributed by atoms with E-state index in [0.717, 1.165) is 18.4 Å². The molecule has 2 aromatic rings. The third-order valence-corrected chi connectivity index (χ3v) is 7.76. The SMILES string of the molecule is CCCCCCCCCCCCc1ccc(S(=O)(=O)Nc2cccc3c2CCC3=O)cc1. The molecule has 0 radical (unpaired) electrons. The van der Waals surface area contributed by atoms with Gasteiger partial charge < -0.3 is 0 Å². The lowest BCUT2D eigenvalue weighted by Gasteiger charge is -2.12. The normalized spacial score (nSPS) is 13.3. The number of ketones is 1. The highest BCUT2D eigenvalue weighted by atomic mass is 32.2. The second kappa shape index (κ2) is 12.2. The fraction of sp³-hybridized carbons (Fsp3) is 0.519. The minimum absolute atomic E-state index is 0.0809. The third-order valence-electron chi connectivity index (χ3n) is 6.38. The summed E-state index contributed by atoms with van der Waals surface area (Å²) in [5, 5.41) is 0. The van der Waals surface area contributed by atoms with E-state index < -0.39 is 10.0 Å². The smallest absolute Gasteiger partial charge is 0.261 e. The van der Waals surface area contributed by atoms with Crippen molar-refractivity contribution in [3.8, 4) is 0 Å². The number of sulfonamides is 1. The minimum Gasteiger partial charge on any atom is -0.294 e. The lowest BCUT2D eigenvalue weighted by atomic mass is 10.0. The maximum absolute atomic E-state index is 12.8. The van der Waals surface area contributed by atoms with Crippen molar-refractivity contribution in [3.63, 3.8) is 0 Å². The maximum Gasteiger partial charge on any atom is 0.261 e. The van der Waals surface area contributed by atoms with Crippen LogP contribution >= 0.6 is 0 Å². The fourth-order valence-electron chi connectivity index (χ4n) is 4.44. The van der Waals surface area contributed by atoms with Gasteiger partial charge in [-0.05, 0) is 48.6 Å². The van der Waals surface area contributed by atoms with Gasteiger partial charge >= 0.3 is 0 Å². The first-order chi connectivity index (χ1) is 15.5. The Bertz CT molecular complexity index is 980. The Morgan fingerprint density at radius 3 is 2.06 bits per heavy atom. The van der Waals surface area contributed by atoms with E-state index in [9.17, 15) is 13.2 Å². The minimum atomic E-state index is -3.67. The van der Waals surface area contributed by atoms with Crippen molar-refractivity contribution in [1.29, 1.82) is 0 Å². The summed E-state index contributed by atoms with van der Waals surface area (Å²) in [6, 6.07) is 12.4. The molecule has 1 aliphatic rings. The molecular weight excluding hydrogens is 418 g/mol. The molecule has 174 valence electrons. The lowest BCUT2D eigenvalue weighted by Crippen LogP contribution is -2.14.